The number of para-hydroxylation sites is 1. The van der Waals surface area contributed by atoms with Crippen LogP contribution in [0.3, 0.4) is 0 Å². The number of benzene rings is 1. The Balaban J connectivity index is 1.87. The summed E-state index contributed by atoms with van der Waals surface area (Å²) in [4.78, 5) is 4.63. The quantitative estimate of drug-likeness (QED) is 0.861. The molecule has 0 radical (unpaired) electrons. The highest BCUT2D eigenvalue weighted by Gasteiger charge is 2.65. The molecule has 0 amide bonds. The minimum atomic E-state index is 0.352. The van der Waals surface area contributed by atoms with Crippen molar-refractivity contribution in [2.24, 2.45) is 10.8 Å². The molecular formula is C14H18N2S. The maximum Gasteiger partial charge on any atom is 0.184 e. The molecule has 1 heterocycles. The van der Waals surface area contributed by atoms with E-state index in [1.807, 2.05) is 6.07 Å². The third-order valence-corrected chi connectivity index (χ3v) is 5.55. The topological polar surface area (TPSA) is 24.9 Å². The predicted octanol–water partition coefficient (Wildman–Crippen LogP) is 4.14. The Kier molecular flexibility index (Phi) is 2.09. The van der Waals surface area contributed by atoms with E-state index in [-0.39, 0.29) is 0 Å². The summed E-state index contributed by atoms with van der Waals surface area (Å²) < 4.78 is 1.26. The lowest BCUT2D eigenvalue weighted by Crippen LogP contribution is -2.09. The van der Waals surface area contributed by atoms with Gasteiger partial charge < -0.3 is 5.32 Å². The van der Waals surface area contributed by atoms with E-state index in [9.17, 15) is 0 Å². The molecule has 1 aliphatic carbocycles. The summed E-state index contributed by atoms with van der Waals surface area (Å²) in [5, 5.41) is 4.64. The van der Waals surface area contributed by atoms with Gasteiger partial charge in [-0.1, -0.05) is 51.2 Å². The molecule has 3 heteroatoms. The van der Waals surface area contributed by atoms with Gasteiger partial charge in [0.15, 0.2) is 5.13 Å². The van der Waals surface area contributed by atoms with Gasteiger partial charge in [-0.25, -0.2) is 4.98 Å². The van der Waals surface area contributed by atoms with E-state index in [2.05, 4.69) is 56.2 Å². The molecule has 1 aliphatic rings. The Bertz CT molecular complexity index is 521. The molecule has 1 N–H and O–H groups in total. The van der Waals surface area contributed by atoms with Gasteiger partial charge in [-0.15, -0.1) is 0 Å². The van der Waals surface area contributed by atoms with Crippen LogP contribution in [0.1, 0.15) is 27.7 Å². The normalized spacial score (nSPS) is 21.6. The van der Waals surface area contributed by atoms with Crippen LogP contribution < -0.4 is 5.32 Å². The van der Waals surface area contributed by atoms with Gasteiger partial charge in [-0.2, -0.15) is 0 Å². The molecular weight excluding hydrogens is 228 g/mol. The predicted molar refractivity (Wildman–Crippen MR) is 74.6 cm³/mol. The van der Waals surface area contributed by atoms with Crippen molar-refractivity contribution in [1.82, 2.24) is 4.98 Å². The summed E-state index contributed by atoms with van der Waals surface area (Å²) in [6, 6.07) is 8.82. The van der Waals surface area contributed by atoms with Crippen molar-refractivity contribution in [3.8, 4) is 0 Å². The minimum absolute atomic E-state index is 0.352. The maximum absolute atomic E-state index is 4.63. The maximum atomic E-state index is 4.63. The first-order chi connectivity index (χ1) is 7.93. The standard InChI is InChI=1S/C14H18N2S/c1-13(2)11(14(13,3)4)16-12-15-9-7-5-6-8-10(9)17-12/h5-8,11H,1-4H3,(H,15,16). The Labute approximate surface area is 106 Å². The van der Waals surface area contributed by atoms with Gasteiger partial charge in [-0.05, 0) is 23.0 Å². The van der Waals surface area contributed by atoms with E-state index in [1.165, 1.54) is 4.70 Å². The molecule has 0 saturated heterocycles. The number of fused-ring (bicyclic) bond motifs is 1. The molecule has 2 nitrogen and oxygen atoms in total. The molecule has 17 heavy (non-hydrogen) atoms. The van der Waals surface area contributed by atoms with Gasteiger partial charge >= 0.3 is 0 Å². The van der Waals surface area contributed by atoms with Crippen LogP contribution in [0.5, 0.6) is 0 Å². The average molecular weight is 246 g/mol. The Hall–Kier alpha value is -1.09. The fourth-order valence-electron chi connectivity index (χ4n) is 2.61. The highest BCUT2D eigenvalue weighted by Crippen LogP contribution is 2.63. The molecule has 90 valence electrons. The minimum Gasteiger partial charge on any atom is -0.358 e. The largest absolute Gasteiger partial charge is 0.358 e. The monoisotopic (exact) mass is 246 g/mol. The number of nitrogens with one attached hydrogen (secondary N) is 1. The lowest BCUT2D eigenvalue weighted by Gasteiger charge is -2.02. The van der Waals surface area contributed by atoms with Crippen LogP contribution in [0.25, 0.3) is 10.2 Å². The molecule has 1 aromatic heterocycles. The Morgan fingerprint density at radius 2 is 1.76 bits per heavy atom. The number of nitrogens with zero attached hydrogens (tertiary/aromatic N) is 1. The van der Waals surface area contributed by atoms with Crippen molar-refractivity contribution in [3.63, 3.8) is 0 Å². The van der Waals surface area contributed by atoms with Crippen LogP contribution in [0, 0.1) is 10.8 Å². The lowest BCUT2D eigenvalue weighted by atomic mass is 10.0. The smallest absolute Gasteiger partial charge is 0.184 e. The first-order valence-corrected chi connectivity index (χ1v) is 6.87. The molecule has 0 aliphatic heterocycles. The van der Waals surface area contributed by atoms with Gasteiger partial charge in [-0.3, -0.25) is 0 Å². The highest BCUT2D eigenvalue weighted by atomic mass is 32.1. The van der Waals surface area contributed by atoms with E-state index in [0.717, 1.165) is 10.6 Å². The zero-order valence-electron chi connectivity index (χ0n) is 10.7. The van der Waals surface area contributed by atoms with Crippen molar-refractivity contribution in [2.75, 3.05) is 5.32 Å². The van der Waals surface area contributed by atoms with Gasteiger partial charge in [0.2, 0.25) is 0 Å². The number of anilines is 1. The van der Waals surface area contributed by atoms with Crippen LogP contribution in [-0.4, -0.2) is 11.0 Å². The zero-order chi connectivity index (χ0) is 12.3. The number of aromatic nitrogens is 1. The first kappa shape index (κ1) is 11.0. The summed E-state index contributed by atoms with van der Waals surface area (Å²) in [6.07, 6.45) is 0. The van der Waals surface area contributed by atoms with Crippen LogP contribution in [-0.2, 0) is 0 Å². The van der Waals surface area contributed by atoms with Crippen LogP contribution in [0.4, 0.5) is 5.13 Å². The van der Waals surface area contributed by atoms with E-state index in [4.69, 9.17) is 0 Å². The molecule has 0 atom stereocenters. The molecule has 0 bridgehead atoms. The van der Waals surface area contributed by atoms with E-state index >= 15 is 0 Å². The second kappa shape index (κ2) is 3.22. The number of hydrogen-bond acceptors (Lipinski definition) is 3. The molecule has 1 aromatic carbocycles. The molecule has 1 saturated carbocycles. The van der Waals surface area contributed by atoms with Crippen molar-refractivity contribution in [1.29, 1.82) is 0 Å². The van der Waals surface area contributed by atoms with E-state index in [0.29, 0.717) is 16.9 Å². The number of thiazole rings is 1. The molecule has 0 unspecified atom stereocenters. The molecule has 0 spiro atoms. The lowest BCUT2D eigenvalue weighted by molar-refractivity contribution is 0.457. The van der Waals surface area contributed by atoms with Gasteiger partial charge in [0, 0.05) is 6.04 Å². The third-order valence-electron chi connectivity index (χ3n) is 4.58. The summed E-state index contributed by atoms with van der Waals surface area (Å²) >= 11 is 1.74. The first-order valence-electron chi connectivity index (χ1n) is 6.05. The second-order valence-corrected chi connectivity index (χ2v) is 7.04. The van der Waals surface area contributed by atoms with Crippen molar-refractivity contribution in [2.45, 2.75) is 33.7 Å². The zero-order valence-corrected chi connectivity index (χ0v) is 11.6. The fourth-order valence-corrected chi connectivity index (χ4v) is 3.51. The fraction of sp³-hybridized carbons (Fsp3) is 0.500. The molecule has 3 rings (SSSR count). The average Bonchev–Trinajstić information content (AvgIpc) is 2.65. The van der Waals surface area contributed by atoms with Crippen molar-refractivity contribution < 1.29 is 0 Å². The van der Waals surface area contributed by atoms with Gasteiger partial charge in [0.25, 0.3) is 0 Å². The summed E-state index contributed by atoms with van der Waals surface area (Å²) in [5.41, 5.74) is 1.80. The summed E-state index contributed by atoms with van der Waals surface area (Å²) in [5.74, 6) is 0. The van der Waals surface area contributed by atoms with Crippen LogP contribution in [0.2, 0.25) is 0 Å². The molecule has 1 fully saturated rings. The Morgan fingerprint density at radius 3 is 2.35 bits per heavy atom. The third kappa shape index (κ3) is 1.48. The van der Waals surface area contributed by atoms with Crippen molar-refractivity contribution in [3.05, 3.63) is 24.3 Å². The number of hydrogen-bond donors (Lipinski definition) is 1. The SMILES string of the molecule is CC1(C)C(Nc2nc3ccccc3s2)C1(C)C. The Morgan fingerprint density at radius 1 is 1.12 bits per heavy atom. The summed E-state index contributed by atoms with van der Waals surface area (Å²) in [6.45, 7) is 9.27. The van der Waals surface area contributed by atoms with E-state index in [1.54, 1.807) is 11.3 Å². The second-order valence-electron chi connectivity index (χ2n) is 6.01. The number of rotatable bonds is 2. The van der Waals surface area contributed by atoms with Crippen molar-refractivity contribution >= 4 is 26.7 Å². The summed E-state index contributed by atoms with van der Waals surface area (Å²) in [7, 11) is 0. The van der Waals surface area contributed by atoms with Gasteiger partial charge in [0.05, 0.1) is 10.2 Å². The van der Waals surface area contributed by atoms with E-state index < -0.39 is 0 Å². The van der Waals surface area contributed by atoms with Gasteiger partial charge in [0.1, 0.15) is 0 Å². The highest BCUT2D eigenvalue weighted by molar-refractivity contribution is 7.22. The van der Waals surface area contributed by atoms with Crippen LogP contribution >= 0.6 is 11.3 Å². The van der Waals surface area contributed by atoms with Crippen LogP contribution in [0.15, 0.2) is 24.3 Å². The molecule has 2 aromatic rings.